The number of benzene rings is 3. The Kier molecular flexibility index (Phi) is 6.26. The lowest BCUT2D eigenvalue weighted by atomic mass is 10.2. The van der Waals surface area contributed by atoms with Crippen LogP contribution in [0.25, 0.3) is 0 Å². The summed E-state index contributed by atoms with van der Waals surface area (Å²) in [6, 6.07) is 20.9. The van der Waals surface area contributed by atoms with Crippen molar-refractivity contribution in [1.82, 2.24) is 0 Å². The second kappa shape index (κ2) is 8.67. The van der Waals surface area contributed by atoms with Crippen LogP contribution in [-0.4, -0.2) is 22.6 Å². The lowest BCUT2D eigenvalue weighted by Gasteiger charge is -2.25. The van der Waals surface area contributed by atoms with Crippen LogP contribution in [0.4, 0.5) is 5.69 Å². The molecule has 3 aromatic rings. The molecule has 0 amide bonds. The van der Waals surface area contributed by atoms with Gasteiger partial charge in [-0.1, -0.05) is 34.1 Å². The molecule has 0 fully saturated rings. The number of sulfonamides is 1. The summed E-state index contributed by atoms with van der Waals surface area (Å²) in [7, 11) is -0.709. The summed E-state index contributed by atoms with van der Waals surface area (Å²) < 4.78 is 39.6. The van der Waals surface area contributed by atoms with E-state index in [-0.39, 0.29) is 11.4 Å². The second-order valence-electron chi connectivity index (χ2n) is 6.02. The minimum Gasteiger partial charge on any atom is -0.497 e. The Morgan fingerprint density at radius 2 is 1.50 bits per heavy atom. The number of hydrogen-bond donors (Lipinski definition) is 0. The Balaban J connectivity index is 2.06. The number of halogens is 1. The van der Waals surface area contributed by atoms with E-state index in [0.717, 1.165) is 10.0 Å². The first kappa shape index (κ1) is 20.2. The van der Waals surface area contributed by atoms with Crippen LogP contribution in [0.5, 0.6) is 11.5 Å². The van der Waals surface area contributed by atoms with Gasteiger partial charge in [-0.2, -0.15) is 0 Å². The van der Waals surface area contributed by atoms with Gasteiger partial charge in [0.05, 0.1) is 31.3 Å². The van der Waals surface area contributed by atoms with Crippen molar-refractivity contribution in [3.8, 4) is 11.5 Å². The molecule has 0 aromatic heterocycles. The molecular weight excluding hydrogens is 442 g/mol. The molecule has 0 N–H and O–H groups in total. The number of anilines is 1. The highest BCUT2D eigenvalue weighted by Crippen LogP contribution is 2.29. The standard InChI is InChI=1S/C21H20BrNO4S/c1-26-19-10-12-21(13-11-19)28(24,25)23(15-16-6-8-17(22)9-7-16)18-4-3-5-20(14-18)27-2/h3-14H,15H2,1-2H3. The molecule has 0 unspecified atom stereocenters. The van der Waals surface area contributed by atoms with Gasteiger partial charge in [0.15, 0.2) is 0 Å². The number of ether oxygens (including phenoxy) is 2. The molecule has 0 spiro atoms. The summed E-state index contributed by atoms with van der Waals surface area (Å²) in [4.78, 5) is 0.188. The van der Waals surface area contributed by atoms with E-state index in [2.05, 4.69) is 15.9 Å². The van der Waals surface area contributed by atoms with Crippen LogP contribution in [-0.2, 0) is 16.6 Å². The fraction of sp³-hybridized carbons (Fsp3) is 0.143. The molecule has 28 heavy (non-hydrogen) atoms. The molecule has 3 rings (SSSR count). The van der Waals surface area contributed by atoms with E-state index < -0.39 is 10.0 Å². The van der Waals surface area contributed by atoms with E-state index in [0.29, 0.717) is 17.2 Å². The van der Waals surface area contributed by atoms with Gasteiger partial charge in [0.1, 0.15) is 11.5 Å². The van der Waals surface area contributed by atoms with E-state index in [4.69, 9.17) is 9.47 Å². The van der Waals surface area contributed by atoms with Crippen molar-refractivity contribution in [2.45, 2.75) is 11.4 Å². The molecule has 3 aromatic carbocycles. The molecule has 0 bridgehead atoms. The van der Waals surface area contributed by atoms with Crippen LogP contribution in [0.2, 0.25) is 0 Å². The van der Waals surface area contributed by atoms with Crippen LogP contribution < -0.4 is 13.8 Å². The molecule has 0 aliphatic carbocycles. The minimum atomic E-state index is -3.80. The third-order valence-electron chi connectivity index (χ3n) is 4.23. The number of hydrogen-bond acceptors (Lipinski definition) is 4. The molecule has 0 saturated carbocycles. The molecule has 0 saturated heterocycles. The smallest absolute Gasteiger partial charge is 0.264 e. The predicted molar refractivity (Wildman–Crippen MR) is 113 cm³/mol. The van der Waals surface area contributed by atoms with Gasteiger partial charge < -0.3 is 9.47 Å². The van der Waals surface area contributed by atoms with Crippen molar-refractivity contribution in [2.24, 2.45) is 0 Å². The summed E-state index contributed by atoms with van der Waals surface area (Å²) in [5, 5.41) is 0. The maximum atomic E-state index is 13.4. The van der Waals surface area contributed by atoms with Gasteiger partial charge >= 0.3 is 0 Å². The number of methoxy groups -OCH3 is 2. The van der Waals surface area contributed by atoms with Crippen molar-refractivity contribution < 1.29 is 17.9 Å². The Labute approximate surface area is 173 Å². The topological polar surface area (TPSA) is 55.8 Å². The average Bonchev–Trinajstić information content (AvgIpc) is 2.73. The largest absolute Gasteiger partial charge is 0.497 e. The Bertz CT molecular complexity index is 1030. The summed E-state index contributed by atoms with van der Waals surface area (Å²) in [6.45, 7) is 0.189. The molecular formula is C21H20BrNO4S. The van der Waals surface area contributed by atoms with Crippen LogP contribution in [0.1, 0.15) is 5.56 Å². The normalized spacial score (nSPS) is 11.1. The van der Waals surface area contributed by atoms with Crippen molar-refractivity contribution in [2.75, 3.05) is 18.5 Å². The lowest BCUT2D eigenvalue weighted by Crippen LogP contribution is -2.30. The Morgan fingerprint density at radius 1 is 0.857 bits per heavy atom. The summed E-state index contributed by atoms with van der Waals surface area (Å²) >= 11 is 3.40. The number of rotatable bonds is 7. The third-order valence-corrected chi connectivity index (χ3v) is 6.54. The van der Waals surface area contributed by atoms with Crippen molar-refractivity contribution in [1.29, 1.82) is 0 Å². The van der Waals surface area contributed by atoms with E-state index in [9.17, 15) is 8.42 Å². The second-order valence-corrected chi connectivity index (χ2v) is 8.79. The van der Waals surface area contributed by atoms with Crippen molar-refractivity contribution in [3.63, 3.8) is 0 Å². The molecule has 146 valence electrons. The SMILES string of the molecule is COc1ccc(S(=O)(=O)N(Cc2ccc(Br)cc2)c2cccc(OC)c2)cc1. The molecule has 7 heteroatoms. The average molecular weight is 462 g/mol. The molecule has 0 radical (unpaired) electrons. The Morgan fingerprint density at radius 3 is 2.11 bits per heavy atom. The van der Waals surface area contributed by atoms with Crippen LogP contribution in [0.3, 0.4) is 0 Å². The zero-order valence-corrected chi connectivity index (χ0v) is 17.9. The zero-order valence-electron chi connectivity index (χ0n) is 15.5. The summed E-state index contributed by atoms with van der Waals surface area (Å²) in [5.41, 5.74) is 1.39. The quantitative estimate of drug-likeness (QED) is 0.503. The van der Waals surface area contributed by atoms with Gasteiger partial charge in [0.2, 0.25) is 0 Å². The molecule has 0 atom stereocenters. The molecule has 0 heterocycles. The van der Waals surface area contributed by atoms with Gasteiger partial charge in [-0.25, -0.2) is 8.42 Å². The van der Waals surface area contributed by atoms with Crippen LogP contribution >= 0.6 is 15.9 Å². The van der Waals surface area contributed by atoms with Gasteiger partial charge in [0.25, 0.3) is 10.0 Å². The Hall–Kier alpha value is -2.51. The summed E-state index contributed by atoms with van der Waals surface area (Å²) in [6.07, 6.45) is 0. The summed E-state index contributed by atoms with van der Waals surface area (Å²) in [5.74, 6) is 1.18. The monoisotopic (exact) mass is 461 g/mol. The first-order valence-corrected chi connectivity index (χ1v) is 10.7. The van der Waals surface area contributed by atoms with E-state index >= 15 is 0 Å². The van der Waals surface area contributed by atoms with E-state index in [1.807, 2.05) is 24.3 Å². The van der Waals surface area contributed by atoms with Crippen molar-refractivity contribution in [3.05, 3.63) is 82.8 Å². The molecule has 0 aliphatic rings. The lowest BCUT2D eigenvalue weighted by molar-refractivity contribution is 0.414. The predicted octanol–water partition coefficient (Wildman–Crippen LogP) is 4.86. The maximum Gasteiger partial charge on any atom is 0.264 e. The van der Waals surface area contributed by atoms with E-state index in [1.54, 1.807) is 62.8 Å². The highest BCUT2D eigenvalue weighted by molar-refractivity contribution is 9.10. The van der Waals surface area contributed by atoms with Crippen LogP contribution in [0, 0.1) is 0 Å². The molecule has 5 nitrogen and oxygen atoms in total. The van der Waals surface area contributed by atoms with Gasteiger partial charge in [0, 0.05) is 10.5 Å². The highest BCUT2D eigenvalue weighted by atomic mass is 79.9. The van der Waals surface area contributed by atoms with Crippen LogP contribution in [0.15, 0.2) is 82.2 Å². The first-order chi connectivity index (χ1) is 13.4. The fourth-order valence-corrected chi connectivity index (χ4v) is 4.42. The third kappa shape index (κ3) is 4.48. The van der Waals surface area contributed by atoms with Gasteiger partial charge in [-0.3, -0.25) is 4.31 Å². The number of nitrogens with zero attached hydrogens (tertiary/aromatic N) is 1. The fourth-order valence-electron chi connectivity index (χ4n) is 2.71. The van der Waals surface area contributed by atoms with Gasteiger partial charge in [-0.05, 0) is 54.1 Å². The zero-order chi connectivity index (χ0) is 20.1. The van der Waals surface area contributed by atoms with E-state index in [1.165, 1.54) is 4.31 Å². The van der Waals surface area contributed by atoms with Gasteiger partial charge in [-0.15, -0.1) is 0 Å². The van der Waals surface area contributed by atoms with Crippen molar-refractivity contribution >= 4 is 31.6 Å². The maximum absolute atomic E-state index is 13.4. The highest BCUT2D eigenvalue weighted by Gasteiger charge is 2.25. The minimum absolute atomic E-state index is 0.188. The molecule has 0 aliphatic heterocycles. The first-order valence-electron chi connectivity index (χ1n) is 8.49.